The van der Waals surface area contributed by atoms with Gasteiger partial charge in [0.25, 0.3) is 0 Å². The van der Waals surface area contributed by atoms with Gasteiger partial charge in [-0.15, -0.1) is 10.2 Å². The van der Waals surface area contributed by atoms with E-state index in [1.807, 2.05) is 0 Å². The molecule has 1 heterocycles. The smallest absolute Gasteiger partial charge is 0.328 e. The lowest BCUT2D eigenvalue weighted by Gasteiger charge is -2.16. The summed E-state index contributed by atoms with van der Waals surface area (Å²) in [5.41, 5.74) is 0.660. The van der Waals surface area contributed by atoms with Gasteiger partial charge in [-0.25, -0.2) is 9.18 Å². The first-order valence-corrected chi connectivity index (χ1v) is 7.48. The van der Waals surface area contributed by atoms with E-state index in [-0.39, 0.29) is 12.2 Å². The van der Waals surface area contributed by atoms with E-state index in [0.29, 0.717) is 10.6 Å². The van der Waals surface area contributed by atoms with E-state index in [2.05, 4.69) is 20.7 Å². The van der Waals surface area contributed by atoms with Crippen molar-refractivity contribution in [1.29, 1.82) is 0 Å². The molecule has 0 saturated heterocycles. The van der Waals surface area contributed by atoms with Crippen molar-refractivity contribution < 1.29 is 19.1 Å². The van der Waals surface area contributed by atoms with Crippen LogP contribution in [0, 0.1) is 0 Å². The number of benzene rings is 1. The summed E-state index contributed by atoms with van der Waals surface area (Å²) >= 11 is 5.81. The Morgan fingerprint density at radius 2 is 2.04 bits per heavy atom. The van der Waals surface area contributed by atoms with Gasteiger partial charge in [0.15, 0.2) is 12.1 Å². The molecule has 0 saturated carbocycles. The van der Waals surface area contributed by atoms with Gasteiger partial charge in [0, 0.05) is 10.6 Å². The fourth-order valence-corrected chi connectivity index (χ4v) is 2.09. The molecule has 24 heavy (non-hydrogen) atoms. The Morgan fingerprint density at radius 1 is 1.38 bits per heavy atom. The lowest BCUT2D eigenvalue weighted by Crippen LogP contribution is -2.45. The second-order valence-electron chi connectivity index (χ2n) is 4.92. The number of halogens is 2. The number of alkyl halides is 1. The standard InChI is InChI=1S/C14H15ClFN5O3/c1-2-11(13(22)17-10(7-16)14(23)24)21-19-12(18-20-21)8-3-5-9(15)6-4-8/h3-6,10-11H,2,7H2,1H3,(H,17,22)(H,23,24). The SMILES string of the molecule is CCC(C(=O)NC(CF)C(=O)O)n1nnc(-c2ccc(Cl)cc2)n1. The number of rotatable bonds is 7. The van der Waals surface area contributed by atoms with Gasteiger partial charge >= 0.3 is 5.97 Å². The van der Waals surface area contributed by atoms with Crippen LogP contribution in [0.2, 0.25) is 5.02 Å². The molecule has 0 fully saturated rings. The predicted octanol–water partition coefficient (Wildman–Crippen LogP) is 1.48. The van der Waals surface area contributed by atoms with Gasteiger partial charge in [-0.3, -0.25) is 4.79 Å². The van der Waals surface area contributed by atoms with Crippen molar-refractivity contribution in [3.8, 4) is 11.4 Å². The van der Waals surface area contributed by atoms with Gasteiger partial charge in [0.1, 0.15) is 6.67 Å². The average Bonchev–Trinajstić information content (AvgIpc) is 3.03. The number of tetrazole rings is 1. The average molecular weight is 356 g/mol. The highest BCUT2D eigenvalue weighted by atomic mass is 35.5. The molecule has 2 atom stereocenters. The number of aromatic nitrogens is 4. The number of carbonyl (C=O) groups excluding carboxylic acids is 1. The Labute approximate surface area is 141 Å². The van der Waals surface area contributed by atoms with Crippen molar-refractivity contribution in [2.24, 2.45) is 0 Å². The minimum Gasteiger partial charge on any atom is -0.480 e. The molecular weight excluding hydrogens is 341 g/mol. The summed E-state index contributed by atoms with van der Waals surface area (Å²) in [7, 11) is 0. The van der Waals surface area contributed by atoms with Crippen LogP contribution in [-0.2, 0) is 9.59 Å². The highest BCUT2D eigenvalue weighted by Crippen LogP contribution is 2.18. The fraction of sp³-hybridized carbons (Fsp3) is 0.357. The Kier molecular flexibility index (Phi) is 5.80. The van der Waals surface area contributed by atoms with E-state index in [0.717, 1.165) is 4.80 Å². The molecule has 0 bridgehead atoms. The van der Waals surface area contributed by atoms with Crippen LogP contribution in [0.25, 0.3) is 11.4 Å². The van der Waals surface area contributed by atoms with Gasteiger partial charge in [-0.1, -0.05) is 18.5 Å². The van der Waals surface area contributed by atoms with Crippen LogP contribution in [0.3, 0.4) is 0 Å². The zero-order valence-corrected chi connectivity index (χ0v) is 13.4. The van der Waals surface area contributed by atoms with Gasteiger partial charge in [-0.05, 0) is 35.9 Å². The number of aliphatic carboxylic acids is 1. The van der Waals surface area contributed by atoms with E-state index in [9.17, 15) is 14.0 Å². The first-order chi connectivity index (χ1) is 11.5. The molecule has 1 aromatic carbocycles. The van der Waals surface area contributed by atoms with E-state index >= 15 is 0 Å². The number of hydrogen-bond acceptors (Lipinski definition) is 5. The monoisotopic (exact) mass is 355 g/mol. The number of amides is 1. The topological polar surface area (TPSA) is 110 Å². The summed E-state index contributed by atoms with van der Waals surface area (Å²) in [6, 6.07) is 4.24. The van der Waals surface area contributed by atoms with Crippen LogP contribution >= 0.6 is 11.6 Å². The molecule has 0 aliphatic heterocycles. The molecule has 1 aromatic heterocycles. The van der Waals surface area contributed by atoms with Crippen LogP contribution in [0.15, 0.2) is 24.3 Å². The second-order valence-corrected chi connectivity index (χ2v) is 5.35. The molecule has 128 valence electrons. The third kappa shape index (κ3) is 4.05. The Hall–Kier alpha value is -2.55. The molecule has 2 aromatic rings. The van der Waals surface area contributed by atoms with Crippen LogP contribution in [-0.4, -0.2) is 49.9 Å². The Morgan fingerprint density at radius 3 is 2.58 bits per heavy atom. The van der Waals surface area contributed by atoms with Gasteiger partial charge in [-0.2, -0.15) is 4.80 Å². The van der Waals surface area contributed by atoms with E-state index in [1.54, 1.807) is 31.2 Å². The zero-order chi connectivity index (χ0) is 17.7. The van der Waals surface area contributed by atoms with Crippen LogP contribution in [0.4, 0.5) is 4.39 Å². The largest absolute Gasteiger partial charge is 0.480 e. The minimum atomic E-state index is -1.61. The molecule has 0 radical (unpaired) electrons. The number of nitrogens with zero attached hydrogens (tertiary/aromatic N) is 4. The number of carboxylic acid groups (broad SMARTS) is 1. The van der Waals surface area contributed by atoms with Gasteiger partial charge in [0.05, 0.1) is 0 Å². The highest BCUT2D eigenvalue weighted by molar-refractivity contribution is 6.30. The number of hydrogen-bond donors (Lipinski definition) is 2. The number of carbonyl (C=O) groups is 2. The maximum Gasteiger partial charge on any atom is 0.328 e. The molecular formula is C14H15ClFN5O3. The summed E-state index contributed by atoms with van der Waals surface area (Å²) in [5, 5.41) is 23.3. The zero-order valence-electron chi connectivity index (χ0n) is 12.7. The highest BCUT2D eigenvalue weighted by Gasteiger charge is 2.27. The van der Waals surface area contributed by atoms with Crippen molar-refractivity contribution in [1.82, 2.24) is 25.5 Å². The van der Waals surface area contributed by atoms with E-state index in [1.165, 1.54) is 0 Å². The summed E-state index contributed by atoms with van der Waals surface area (Å²) in [6.45, 7) is 0.485. The molecule has 0 aliphatic carbocycles. The number of carboxylic acids is 1. The van der Waals surface area contributed by atoms with Crippen LogP contribution < -0.4 is 5.32 Å². The molecule has 0 spiro atoms. The molecule has 8 nitrogen and oxygen atoms in total. The van der Waals surface area contributed by atoms with Crippen molar-refractivity contribution in [2.75, 3.05) is 6.67 Å². The van der Waals surface area contributed by atoms with Crippen molar-refractivity contribution in [3.05, 3.63) is 29.3 Å². The lowest BCUT2D eigenvalue weighted by atomic mass is 10.2. The summed E-state index contributed by atoms with van der Waals surface area (Å²) in [6.07, 6.45) is 0.279. The normalized spacial score (nSPS) is 13.3. The van der Waals surface area contributed by atoms with Crippen LogP contribution in [0.5, 0.6) is 0 Å². The van der Waals surface area contributed by atoms with Gasteiger partial charge in [0.2, 0.25) is 11.7 Å². The summed E-state index contributed by atoms with van der Waals surface area (Å²) < 4.78 is 12.6. The molecule has 2 rings (SSSR count). The lowest BCUT2D eigenvalue weighted by molar-refractivity contribution is -0.143. The second kappa shape index (κ2) is 7.82. The third-order valence-electron chi connectivity index (χ3n) is 3.27. The maximum atomic E-state index is 12.6. The van der Waals surface area contributed by atoms with Gasteiger partial charge < -0.3 is 10.4 Å². The van der Waals surface area contributed by atoms with Crippen molar-refractivity contribution in [2.45, 2.75) is 25.4 Å². The quantitative estimate of drug-likeness (QED) is 0.778. The molecule has 10 heteroatoms. The molecule has 0 aliphatic rings. The minimum absolute atomic E-state index is 0.279. The fourth-order valence-electron chi connectivity index (χ4n) is 1.96. The molecule has 2 N–H and O–H groups in total. The van der Waals surface area contributed by atoms with E-state index in [4.69, 9.17) is 16.7 Å². The first kappa shape index (κ1) is 17.8. The van der Waals surface area contributed by atoms with Crippen molar-refractivity contribution in [3.63, 3.8) is 0 Å². The molecule has 2 unspecified atom stereocenters. The maximum absolute atomic E-state index is 12.6. The van der Waals surface area contributed by atoms with E-state index < -0.39 is 30.6 Å². The number of nitrogens with one attached hydrogen (secondary N) is 1. The third-order valence-corrected chi connectivity index (χ3v) is 3.52. The first-order valence-electron chi connectivity index (χ1n) is 7.10. The summed E-state index contributed by atoms with van der Waals surface area (Å²) in [5.74, 6) is -1.85. The summed E-state index contributed by atoms with van der Waals surface area (Å²) in [4.78, 5) is 24.0. The van der Waals surface area contributed by atoms with Crippen molar-refractivity contribution >= 4 is 23.5 Å². The van der Waals surface area contributed by atoms with Crippen LogP contribution in [0.1, 0.15) is 19.4 Å². The molecule has 1 amide bonds. The Balaban J connectivity index is 2.17. The predicted molar refractivity (Wildman–Crippen MR) is 83.1 cm³/mol. The Bertz CT molecular complexity index is 721.